The Labute approximate surface area is 104 Å². The summed E-state index contributed by atoms with van der Waals surface area (Å²) < 4.78 is 27.0. The largest absolute Gasteiger partial charge is 0.301 e. The van der Waals surface area contributed by atoms with Crippen LogP contribution in [0.15, 0.2) is 24.3 Å². The van der Waals surface area contributed by atoms with Crippen molar-refractivity contribution < 1.29 is 8.42 Å². The lowest BCUT2D eigenvalue weighted by Crippen LogP contribution is -2.28. The molecule has 1 aromatic carbocycles. The number of benzene rings is 1. The highest BCUT2D eigenvalue weighted by molar-refractivity contribution is 7.90. The van der Waals surface area contributed by atoms with Crippen LogP contribution in [-0.2, 0) is 16.6 Å². The van der Waals surface area contributed by atoms with Gasteiger partial charge in [0.05, 0.1) is 5.69 Å². The number of nitrogens with one attached hydrogen (secondary N) is 1. The minimum absolute atomic E-state index is 0.552. The molecule has 0 aliphatic rings. The molecule has 0 unspecified atom stereocenters. The Kier molecular flexibility index (Phi) is 4.54. The number of hydrogen-bond acceptors (Lipinski definition) is 2. The molecule has 1 rings (SSSR count). The minimum atomic E-state index is -3.41. The van der Waals surface area contributed by atoms with Crippen LogP contribution >= 0.6 is 0 Å². The van der Waals surface area contributed by atoms with E-state index in [1.54, 1.807) is 6.07 Å². The summed E-state index contributed by atoms with van der Waals surface area (Å²) in [5.41, 5.74) is 1.75. The van der Waals surface area contributed by atoms with Gasteiger partial charge in [-0.25, -0.2) is 0 Å². The second-order valence-electron chi connectivity index (χ2n) is 4.69. The molecule has 0 aliphatic heterocycles. The molecule has 0 amide bonds. The van der Waals surface area contributed by atoms with Crippen molar-refractivity contribution >= 4 is 15.9 Å². The SMILES string of the molecule is CC(C)Cc1cccc(NS(=O)(=O)N(C)C)c1. The average Bonchev–Trinajstić information content (AvgIpc) is 2.15. The van der Waals surface area contributed by atoms with Gasteiger partial charge in [-0.1, -0.05) is 26.0 Å². The molecule has 0 heterocycles. The molecule has 0 aliphatic carbocycles. The van der Waals surface area contributed by atoms with E-state index in [1.807, 2.05) is 18.2 Å². The van der Waals surface area contributed by atoms with Crippen LogP contribution in [0.25, 0.3) is 0 Å². The molecule has 0 saturated carbocycles. The molecule has 4 nitrogen and oxygen atoms in total. The third-order valence-corrected chi connectivity index (χ3v) is 3.75. The number of hydrogen-bond donors (Lipinski definition) is 1. The lowest BCUT2D eigenvalue weighted by molar-refractivity contribution is 0.527. The smallest absolute Gasteiger partial charge is 0.271 e. The third kappa shape index (κ3) is 4.36. The summed E-state index contributed by atoms with van der Waals surface area (Å²) in [6.45, 7) is 4.27. The molecule has 0 spiro atoms. The summed E-state index contributed by atoms with van der Waals surface area (Å²) in [6.07, 6.45) is 0.942. The van der Waals surface area contributed by atoms with Crippen LogP contribution in [0.5, 0.6) is 0 Å². The van der Waals surface area contributed by atoms with Gasteiger partial charge in [0.1, 0.15) is 0 Å². The molecule has 0 fully saturated rings. The fourth-order valence-corrected chi connectivity index (χ4v) is 2.08. The van der Waals surface area contributed by atoms with Gasteiger partial charge >= 0.3 is 10.2 Å². The highest BCUT2D eigenvalue weighted by Crippen LogP contribution is 2.15. The Hall–Kier alpha value is -1.07. The molecule has 1 N–H and O–H groups in total. The average molecular weight is 256 g/mol. The number of rotatable bonds is 5. The van der Waals surface area contributed by atoms with Gasteiger partial charge < -0.3 is 0 Å². The predicted molar refractivity (Wildman–Crippen MR) is 71.2 cm³/mol. The first-order chi connectivity index (χ1) is 7.81. The van der Waals surface area contributed by atoms with Crippen molar-refractivity contribution in [3.05, 3.63) is 29.8 Å². The summed E-state index contributed by atoms with van der Waals surface area (Å²) in [5, 5.41) is 0. The Bertz CT molecular complexity index is 467. The van der Waals surface area contributed by atoms with Gasteiger partial charge in [-0.3, -0.25) is 4.72 Å². The van der Waals surface area contributed by atoms with Crippen molar-refractivity contribution in [3.8, 4) is 0 Å². The van der Waals surface area contributed by atoms with E-state index in [-0.39, 0.29) is 0 Å². The first-order valence-corrected chi connectivity index (χ1v) is 7.04. The second kappa shape index (κ2) is 5.51. The summed E-state index contributed by atoms with van der Waals surface area (Å²) in [7, 11) is -0.413. The summed E-state index contributed by atoms with van der Waals surface area (Å²) in [4.78, 5) is 0. The van der Waals surface area contributed by atoms with E-state index in [2.05, 4.69) is 18.6 Å². The molecular formula is C12H20N2O2S. The Balaban J connectivity index is 2.86. The van der Waals surface area contributed by atoms with E-state index in [4.69, 9.17) is 0 Å². The van der Waals surface area contributed by atoms with Gasteiger partial charge in [0.25, 0.3) is 0 Å². The van der Waals surface area contributed by atoms with Crippen LogP contribution in [-0.4, -0.2) is 26.8 Å². The number of anilines is 1. The second-order valence-corrected chi connectivity index (χ2v) is 6.57. The molecule has 96 valence electrons. The zero-order valence-corrected chi connectivity index (χ0v) is 11.6. The normalized spacial score (nSPS) is 12.1. The summed E-state index contributed by atoms with van der Waals surface area (Å²) in [5.74, 6) is 0.552. The standard InChI is InChI=1S/C12H20N2O2S/c1-10(2)8-11-6-5-7-12(9-11)13-17(15,16)14(3)4/h5-7,9-10,13H,8H2,1-4H3. The summed E-state index contributed by atoms with van der Waals surface area (Å²) >= 11 is 0. The predicted octanol–water partition coefficient (Wildman–Crippen LogP) is 2.10. The van der Waals surface area contributed by atoms with Gasteiger partial charge in [0, 0.05) is 14.1 Å². The van der Waals surface area contributed by atoms with E-state index >= 15 is 0 Å². The van der Waals surface area contributed by atoms with Gasteiger partial charge in [0.15, 0.2) is 0 Å². The van der Waals surface area contributed by atoms with E-state index < -0.39 is 10.2 Å². The van der Waals surface area contributed by atoms with Gasteiger partial charge in [-0.05, 0) is 30.0 Å². The molecule has 0 saturated heterocycles. The summed E-state index contributed by atoms with van der Waals surface area (Å²) in [6, 6.07) is 7.50. The van der Waals surface area contributed by atoms with E-state index in [9.17, 15) is 8.42 Å². The Morgan fingerprint density at radius 2 is 1.94 bits per heavy atom. The molecule has 0 aromatic heterocycles. The van der Waals surface area contributed by atoms with Crippen LogP contribution in [0.4, 0.5) is 5.69 Å². The Morgan fingerprint density at radius 3 is 2.47 bits per heavy atom. The maximum Gasteiger partial charge on any atom is 0.301 e. The fourth-order valence-electron chi connectivity index (χ4n) is 1.47. The van der Waals surface area contributed by atoms with Gasteiger partial charge in [-0.15, -0.1) is 0 Å². The molecular weight excluding hydrogens is 236 g/mol. The first-order valence-electron chi connectivity index (χ1n) is 5.60. The zero-order valence-electron chi connectivity index (χ0n) is 10.8. The molecule has 1 aromatic rings. The maximum atomic E-state index is 11.6. The van der Waals surface area contributed by atoms with Crippen LogP contribution in [0.1, 0.15) is 19.4 Å². The van der Waals surface area contributed by atoms with Gasteiger partial charge in [-0.2, -0.15) is 12.7 Å². The van der Waals surface area contributed by atoms with Crippen molar-refractivity contribution in [3.63, 3.8) is 0 Å². The fraction of sp³-hybridized carbons (Fsp3) is 0.500. The van der Waals surface area contributed by atoms with Crippen LogP contribution in [0, 0.1) is 5.92 Å². The van der Waals surface area contributed by atoms with Crippen LogP contribution < -0.4 is 4.72 Å². The minimum Gasteiger partial charge on any atom is -0.271 e. The molecule has 5 heteroatoms. The maximum absolute atomic E-state index is 11.6. The lowest BCUT2D eigenvalue weighted by Gasteiger charge is -2.14. The highest BCUT2D eigenvalue weighted by Gasteiger charge is 2.12. The molecule has 0 bridgehead atoms. The van der Waals surface area contributed by atoms with Crippen molar-refractivity contribution in [2.75, 3.05) is 18.8 Å². The topological polar surface area (TPSA) is 49.4 Å². The monoisotopic (exact) mass is 256 g/mol. The quantitative estimate of drug-likeness (QED) is 0.877. The van der Waals surface area contributed by atoms with E-state index in [0.717, 1.165) is 16.3 Å². The van der Waals surface area contributed by atoms with E-state index in [0.29, 0.717) is 11.6 Å². The third-order valence-electron chi connectivity index (χ3n) is 2.30. The first kappa shape index (κ1) is 14.0. The van der Waals surface area contributed by atoms with Crippen molar-refractivity contribution in [2.45, 2.75) is 20.3 Å². The van der Waals surface area contributed by atoms with Crippen LogP contribution in [0.2, 0.25) is 0 Å². The highest BCUT2D eigenvalue weighted by atomic mass is 32.2. The van der Waals surface area contributed by atoms with Crippen molar-refractivity contribution in [1.29, 1.82) is 0 Å². The van der Waals surface area contributed by atoms with Crippen LogP contribution in [0.3, 0.4) is 0 Å². The molecule has 0 atom stereocenters. The van der Waals surface area contributed by atoms with Gasteiger partial charge in [0.2, 0.25) is 0 Å². The van der Waals surface area contributed by atoms with Crippen molar-refractivity contribution in [2.24, 2.45) is 5.92 Å². The van der Waals surface area contributed by atoms with Crippen molar-refractivity contribution in [1.82, 2.24) is 4.31 Å². The number of nitrogens with zero attached hydrogens (tertiary/aromatic N) is 1. The molecule has 0 radical (unpaired) electrons. The van der Waals surface area contributed by atoms with E-state index in [1.165, 1.54) is 14.1 Å². The zero-order chi connectivity index (χ0) is 13.1. The Morgan fingerprint density at radius 1 is 1.29 bits per heavy atom. The lowest BCUT2D eigenvalue weighted by atomic mass is 10.0. The molecule has 17 heavy (non-hydrogen) atoms.